The molecule has 94 valence electrons. The van der Waals surface area contributed by atoms with Gasteiger partial charge in [0.15, 0.2) is 0 Å². The van der Waals surface area contributed by atoms with E-state index in [4.69, 9.17) is 5.11 Å². The summed E-state index contributed by atoms with van der Waals surface area (Å²) >= 11 is 0. The van der Waals surface area contributed by atoms with Crippen LogP contribution in [-0.2, 0) is 4.79 Å². The van der Waals surface area contributed by atoms with E-state index >= 15 is 0 Å². The van der Waals surface area contributed by atoms with E-state index in [9.17, 15) is 4.79 Å². The molecule has 0 spiro atoms. The van der Waals surface area contributed by atoms with Crippen LogP contribution in [0.5, 0.6) is 0 Å². The number of aliphatic carboxylic acids is 1. The first-order chi connectivity index (χ1) is 7.61. The summed E-state index contributed by atoms with van der Waals surface area (Å²) in [5.74, 6) is -0.681. The fourth-order valence-electron chi connectivity index (χ4n) is 2.68. The minimum atomic E-state index is -0.681. The zero-order valence-corrected chi connectivity index (χ0v) is 10.6. The summed E-state index contributed by atoms with van der Waals surface area (Å²) in [6.07, 6.45) is 8.08. The van der Waals surface area contributed by atoms with Gasteiger partial charge in [0, 0.05) is 18.6 Å². The van der Waals surface area contributed by atoms with Crippen LogP contribution in [0.3, 0.4) is 0 Å². The molecule has 0 unspecified atom stereocenters. The van der Waals surface area contributed by atoms with Crippen LogP contribution in [0.1, 0.15) is 58.8 Å². The van der Waals surface area contributed by atoms with E-state index in [1.54, 1.807) is 0 Å². The van der Waals surface area contributed by atoms with Crippen LogP contribution in [0.2, 0.25) is 0 Å². The zero-order valence-electron chi connectivity index (χ0n) is 10.6. The Labute approximate surface area is 98.8 Å². The fraction of sp³-hybridized carbons (Fsp3) is 0.923. The summed E-state index contributed by atoms with van der Waals surface area (Å²) in [5, 5.41) is 8.77. The third kappa shape index (κ3) is 4.52. The summed E-state index contributed by atoms with van der Waals surface area (Å²) in [5.41, 5.74) is 0. The predicted molar refractivity (Wildman–Crippen MR) is 65.6 cm³/mol. The van der Waals surface area contributed by atoms with Crippen LogP contribution in [0.25, 0.3) is 0 Å². The number of hydrogen-bond acceptors (Lipinski definition) is 2. The van der Waals surface area contributed by atoms with Gasteiger partial charge in [0.25, 0.3) is 0 Å². The highest BCUT2D eigenvalue weighted by atomic mass is 16.4. The van der Waals surface area contributed by atoms with Gasteiger partial charge in [-0.05, 0) is 26.7 Å². The monoisotopic (exact) mass is 227 g/mol. The first-order valence-electron chi connectivity index (χ1n) is 6.59. The van der Waals surface area contributed by atoms with Gasteiger partial charge in [-0.3, -0.25) is 9.69 Å². The van der Waals surface area contributed by atoms with E-state index in [-0.39, 0.29) is 6.42 Å². The first kappa shape index (κ1) is 13.5. The first-order valence-corrected chi connectivity index (χ1v) is 6.59. The molecule has 0 saturated heterocycles. The number of carbonyl (C=O) groups is 1. The van der Waals surface area contributed by atoms with Crippen molar-refractivity contribution in [2.24, 2.45) is 0 Å². The molecule has 1 aliphatic carbocycles. The standard InChI is InChI=1S/C13H25NO2/c1-11(2)14(10-9-13(15)16)12-7-5-3-4-6-8-12/h11-12H,3-10H2,1-2H3,(H,15,16). The molecule has 1 rings (SSSR count). The Morgan fingerprint density at radius 1 is 1.25 bits per heavy atom. The molecule has 0 amide bonds. The molecule has 1 aliphatic rings. The van der Waals surface area contributed by atoms with Crippen molar-refractivity contribution in [3.63, 3.8) is 0 Å². The van der Waals surface area contributed by atoms with Crippen LogP contribution in [-0.4, -0.2) is 34.6 Å². The summed E-state index contributed by atoms with van der Waals surface area (Å²) in [4.78, 5) is 13.0. The molecule has 16 heavy (non-hydrogen) atoms. The molecule has 0 radical (unpaired) electrons. The molecular formula is C13H25NO2. The van der Waals surface area contributed by atoms with Crippen molar-refractivity contribution >= 4 is 5.97 Å². The minimum absolute atomic E-state index is 0.272. The van der Waals surface area contributed by atoms with Crippen molar-refractivity contribution in [3.8, 4) is 0 Å². The van der Waals surface area contributed by atoms with Gasteiger partial charge in [0.05, 0.1) is 6.42 Å². The second kappa shape index (κ2) is 6.89. The lowest BCUT2D eigenvalue weighted by atomic mass is 10.0. The maximum Gasteiger partial charge on any atom is 0.304 e. The molecule has 0 aliphatic heterocycles. The number of nitrogens with zero attached hydrogens (tertiary/aromatic N) is 1. The Kier molecular flexibility index (Phi) is 5.81. The fourth-order valence-corrected chi connectivity index (χ4v) is 2.68. The Balaban J connectivity index is 2.49. The van der Waals surface area contributed by atoms with Crippen molar-refractivity contribution in [3.05, 3.63) is 0 Å². The summed E-state index contributed by atoms with van der Waals surface area (Å²) < 4.78 is 0. The number of rotatable bonds is 5. The number of carboxylic acid groups (broad SMARTS) is 1. The molecule has 0 heterocycles. The van der Waals surface area contributed by atoms with Crippen molar-refractivity contribution in [2.75, 3.05) is 6.54 Å². The van der Waals surface area contributed by atoms with Crippen LogP contribution >= 0.6 is 0 Å². The molecule has 0 aromatic rings. The van der Waals surface area contributed by atoms with E-state index in [0.717, 1.165) is 0 Å². The van der Waals surface area contributed by atoms with Gasteiger partial charge in [0.1, 0.15) is 0 Å². The third-order valence-electron chi connectivity index (χ3n) is 3.54. The Hall–Kier alpha value is -0.570. The lowest BCUT2D eigenvalue weighted by Crippen LogP contribution is -2.41. The normalized spacial score (nSPS) is 19.0. The summed E-state index contributed by atoms with van der Waals surface area (Å²) in [6, 6.07) is 1.07. The van der Waals surface area contributed by atoms with Crippen LogP contribution in [0.15, 0.2) is 0 Å². The van der Waals surface area contributed by atoms with Gasteiger partial charge in [-0.25, -0.2) is 0 Å². The molecule has 0 aromatic carbocycles. The quantitative estimate of drug-likeness (QED) is 0.734. The lowest BCUT2D eigenvalue weighted by molar-refractivity contribution is -0.137. The second-order valence-electron chi connectivity index (χ2n) is 5.12. The van der Waals surface area contributed by atoms with Crippen LogP contribution in [0, 0.1) is 0 Å². The molecule has 1 fully saturated rings. The highest BCUT2D eigenvalue weighted by Crippen LogP contribution is 2.23. The van der Waals surface area contributed by atoms with E-state index in [1.807, 2.05) is 0 Å². The van der Waals surface area contributed by atoms with E-state index < -0.39 is 5.97 Å². The summed E-state index contributed by atoms with van der Waals surface area (Å²) in [7, 11) is 0. The van der Waals surface area contributed by atoms with Gasteiger partial charge in [0.2, 0.25) is 0 Å². The van der Waals surface area contributed by atoms with Crippen molar-refractivity contribution < 1.29 is 9.90 Å². The van der Waals surface area contributed by atoms with Gasteiger partial charge in [-0.2, -0.15) is 0 Å². The molecule has 0 aromatic heterocycles. The largest absolute Gasteiger partial charge is 0.481 e. The van der Waals surface area contributed by atoms with E-state index in [0.29, 0.717) is 18.6 Å². The van der Waals surface area contributed by atoms with Gasteiger partial charge < -0.3 is 5.11 Å². The van der Waals surface area contributed by atoms with Crippen LogP contribution < -0.4 is 0 Å². The van der Waals surface area contributed by atoms with Gasteiger partial charge in [-0.1, -0.05) is 25.7 Å². The van der Waals surface area contributed by atoms with Crippen LogP contribution in [0.4, 0.5) is 0 Å². The van der Waals surface area contributed by atoms with Crippen molar-refractivity contribution in [1.29, 1.82) is 0 Å². The van der Waals surface area contributed by atoms with Gasteiger partial charge >= 0.3 is 5.97 Å². The van der Waals surface area contributed by atoms with Crippen molar-refractivity contribution in [2.45, 2.75) is 70.9 Å². The summed E-state index contributed by atoms with van der Waals surface area (Å²) in [6.45, 7) is 5.05. The molecule has 1 N–H and O–H groups in total. The second-order valence-corrected chi connectivity index (χ2v) is 5.12. The Bertz CT molecular complexity index is 208. The lowest BCUT2D eigenvalue weighted by Gasteiger charge is -2.34. The molecule has 1 saturated carbocycles. The maximum atomic E-state index is 10.7. The molecular weight excluding hydrogens is 202 g/mol. The third-order valence-corrected chi connectivity index (χ3v) is 3.54. The average Bonchev–Trinajstić information content (AvgIpc) is 2.45. The van der Waals surface area contributed by atoms with Gasteiger partial charge in [-0.15, -0.1) is 0 Å². The number of carboxylic acids is 1. The number of hydrogen-bond donors (Lipinski definition) is 1. The SMILES string of the molecule is CC(C)N(CCC(=O)O)C1CCCCCC1. The zero-order chi connectivity index (χ0) is 12.0. The van der Waals surface area contributed by atoms with E-state index in [2.05, 4.69) is 18.7 Å². The highest BCUT2D eigenvalue weighted by molar-refractivity contribution is 5.66. The minimum Gasteiger partial charge on any atom is -0.481 e. The molecule has 0 atom stereocenters. The Morgan fingerprint density at radius 3 is 2.25 bits per heavy atom. The maximum absolute atomic E-state index is 10.7. The molecule has 3 nitrogen and oxygen atoms in total. The molecule has 3 heteroatoms. The Morgan fingerprint density at radius 2 is 1.81 bits per heavy atom. The smallest absolute Gasteiger partial charge is 0.304 e. The average molecular weight is 227 g/mol. The predicted octanol–water partition coefficient (Wildman–Crippen LogP) is 2.89. The topological polar surface area (TPSA) is 40.5 Å². The van der Waals surface area contributed by atoms with Crippen molar-refractivity contribution in [1.82, 2.24) is 4.90 Å². The molecule has 0 bridgehead atoms. The van der Waals surface area contributed by atoms with E-state index in [1.165, 1.54) is 38.5 Å². The highest BCUT2D eigenvalue weighted by Gasteiger charge is 2.22.